The van der Waals surface area contributed by atoms with Gasteiger partial charge in [-0.15, -0.1) is 0 Å². The maximum absolute atomic E-state index is 13.3. The lowest BCUT2D eigenvalue weighted by Gasteiger charge is -2.72. The summed E-state index contributed by atoms with van der Waals surface area (Å²) in [6.45, 7) is 21.5. The standard InChI is InChI=1S/C43H62N2O5S/c1-28(2)31-14-19-43(27-44-36(46)26-45-22-24-51(49,50)25-23-45)21-20-41(6)33(37(31)43)12-13-35-40(5)17-15-32(29-8-10-30(11-9-29)38(47)48)39(3,4)34(40)16-18-42(35,41)7/h8-11,15,31,33-35,37H,1,12-14,16-27H2,2-7H3,(H,44,46)(H,47,48)/t31-,33+,34-,35+,37+,40-,41+,42+,43+/m0/s1. The molecule has 0 aromatic heterocycles. The van der Waals surface area contributed by atoms with E-state index in [-0.39, 0.29) is 51.0 Å². The normalized spacial score (nSPS) is 41.2. The Balaban J connectivity index is 1.13. The number of carboxylic acids is 1. The van der Waals surface area contributed by atoms with Crippen LogP contribution in [0.3, 0.4) is 0 Å². The topological polar surface area (TPSA) is 104 Å². The molecule has 4 saturated carbocycles. The van der Waals surface area contributed by atoms with Crippen LogP contribution in [0.2, 0.25) is 0 Å². The van der Waals surface area contributed by atoms with Gasteiger partial charge in [0, 0.05) is 19.6 Å². The van der Waals surface area contributed by atoms with Crippen molar-refractivity contribution in [3.8, 4) is 0 Å². The summed E-state index contributed by atoms with van der Waals surface area (Å²) in [7, 11) is -2.97. The summed E-state index contributed by atoms with van der Waals surface area (Å²) in [6, 6.07) is 7.52. The van der Waals surface area contributed by atoms with E-state index < -0.39 is 15.8 Å². The Hall–Kier alpha value is -2.45. The molecule has 9 atom stereocenters. The zero-order chi connectivity index (χ0) is 36.8. The van der Waals surface area contributed by atoms with Gasteiger partial charge in [-0.05, 0) is 145 Å². The van der Waals surface area contributed by atoms with Crippen molar-refractivity contribution in [2.45, 2.75) is 99.3 Å². The van der Waals surface area contributed by atoms with Gasteiger partial charge in [0.15, 0.2) is 9.84 Å². The molecule has 5 fully saturated rings. The first kappa shape index (κ1) is 36.9. The van der Waals surface area contributed by atoms with Gasteiger partial charge < -0.3 is 10.4 Å². The Labute approximate surface area is 307 Å². The van der Waals surface area contributed by atoms with Crippen LogP contribution in [0.25, 0.3) is 5.57 Å². The number of aromatic carboxylic acids is 1. The van der Waals surface area contributed by atoms with E-state index in [0.717, 1.165) is 31.2 Å². The summed E-state index contributed by atoms with van der Waals surface area (Å²) >= 11 is 0. The number of nitrogens with zero attached hydrogens (tertiary/aromatic N) is 1. The fourth-order valence-electron chi connectivity index (χ4n) is 13.9. The molecule has 51 heavy (non-hydrogen) atoms. The number of carbonyl (C=O) groups excluding carboxylic acids is 1. The number of amides is 1. The zero-order valence-corrected chi connectivity index (χ0v) is 32.8. The van der Waals surface area contributed by atoms with Crippen LogP contribution >= 0.6 is 0 Å². The molecular weight excluding hydrogens is 657 g/mol. The van der Waals surface area contributed by atoms with Crippen molar-refractivity contribution in [2.75, 3.05) is 37.7 Å². The third-order valence-electron chi connectivity index (χ3n) is 16.7. The number of carbonyl (C=O) groups is 2. The minimum atomic E-state index is -2.97. The van der Waals surface area contributed by atoms with E-state index in [0.29, 0.717) is 54.8 Å². The summed E-state index contributed by atoms with van der Waals surface area (Å²) in [5.74, 6) is 2.20. The van der Waals surface area contributed by atoms with Gasteiger partial charge in [0.05, 0.1) is 23.6 Å². The predicted molar refractivity (Wildman–Crippen MR) is 204 cm³/mol. The lowest BCUT2D eigenvalue weighted by atomic mass is 9.32. The Morgan fingerprint density at radius 1 is 0.902 bits per heavy atom. The molecule has 1 aliphatic heterocycles. The number of hydrogen-bond donors (Lipinski definition) is 2. The van der Waals surface area contributed by atoms with Crippen molar-refractivity contribution < 1.29 is 23.1 Å². The predicted octanol–water partition coefficient (Wildman–Crippen LogP) is 7.88. The molecular formula is C43H62N2O5S. The molecule has 1 amide bonds. The molecule has 1 heterocycles. The average Bonchev–Trinajstić information content (AvgIpc) is 3.45. The first-order chi connectivity index (χ1) is 23.9. The minimum Gasteiger partial charge on any atom is -0.478 e. The van der Waals surface area contributed by atoms with Crippen LogP contribution in [0.1, 0.15) is 115 Å². The quantitative estimate of drug-likeness (QED) is 0.278. The first-order valence-electron chi connectivity index (χ1n) is 19.8. The van der Waals surface area contributed by atoms with Gasteiger partial charge in [0.25, 0.3) is 0 Å². The molecule has 1 aromatic rings. The number of nitrogens with one attached hydrogen (secondary N) is 1. The SMILES string of the molecule is C=C(C)[C@@H]1CC[C@]2(CNC(=O)CN3CCS(=O)(=O)CC3)CC[C@]3(C)[C@H](CC[C@@H]4[C@@]5(C)CC=C(c6ccc(C(=O)O)cc6)C(C)(C)[C@@H]5CC[C@]43C)[C@@H]12. The lowest BCUT2D eigenvalue weighted by Crippen LogP contribution is -2.66. The van der Waals surface area contributed by atoms with Crippen molar-refractivity contribution in [2.24, 2.45) is 56.7 Å². The van der Waals surface area contributed by atoms with E-state index in [1.807, 2.05) is 17.0 Å². The van der Waals surface area contributed by atoms with Crippen LogP contribution in [0.5, 0.6) is 0 Å². The Bertz CT molecular complexity index is 1720. The highest BCUT2D eigenvalue weighted by atomic mass is 32.2. The number of carboxylic acid groups (broad SMARTS) is 1. The van der Waals surface area contributed by atoms with Gasteiger partial charge >= 0.3 is 5.97 Å². The van der Waals surface area contributed by atoms with Crippen LogP contribution in [0, 0.1) is 56.7 Å². The minimum absolute atomic E-state index is 0.0182. The van der Waals surface area contributed by atoms with Crippen LogP contribution in [-0.4, -0.2) is 68.0 Å². The highest BCUT2D eigenvalue weighted by Crippen LogP contribution is 2.77. The van der Waals surface area contributed by atoms with Crippen molar-refractivity contribution in [1.82, 2.24) is 10.2 Å². The summed E-state index contributed by atoms with van der Waals surface area (Å²) < 4.78 is 23.9. The molecule has 6 aliphatic rings. The number of rotatable bonds is 7. The second kappa shape index (κ2) is 12.6. The molecule has 0 bridgehead atoms. The Morgan fingerprint density at radius 2 is 1.59 bits per heavy atom. The van der Waals surface area contributed by atoms with Gasteiger partial charge in [-0.3, -0.25) is 9.69 Å². The lowest BCUT2D eigenvalue weighted by molar-refractivity contribution is -0.225. The highest BCUT2D eigenvalue weighted by molar-refractivity contribution is 7.91. The summed E-state index contributed by atoms with van der Waals surface area (Å²) in [5.41, 5.74) is 4.85. The zero-order valence-electron chi connectivity index (χ0n) is 32.0. The Morgan fingerprint density at radius 3 is 2.24 bits per heavy atom. The third-order valence-corrected chi connectivity index (χ3v) is 18.3. The number of hydrogen-bond acceptors (Lipinski definition) is 5. The number of benzene rings is 1. The molecule has 2 N–H and O–H groups in total. The molecule has 280 valence electrons. The maximum atomic E-state index is 13.3. The van der Waals surface area contributed by atoms with Gasteiger partial charge in [-0.2, -0.15) is 0 Å². The Kier molecular flexibility index (Phi) is 9.09. The van der Waals surface area contributed by atoms with Crippen molar-refractivity contribution >= 4 is 27.3 Å². The molecule has 7 nitrogen and oxygen atoms in total. The van der Waals surface area contributed by atoms with E-state index in [1.54, 1.807) is 12.1 Å². The van der Waals surface area contributed by atoms with Crippen LogP contribution in [0.15, 0.2) is 42.5 Å². The highest BCUT2D eigenvalue weighted by Gasteiger charge is 2.70. The number of fused-ring (bicyclic) bond motifs is 7. The summed E-state index contributed by atoms with van der Waals surface area (Å²) in [4.78, 5) is 26.9. The largest absolute Gasteiger partial charge is 0.478 e. The molecule has 0 radical (unpaired) electrons. The molecule has 0 unspecified atom stereocenters. The molecule has 7 rings (SSSR count). The van der Waals surface area contributed by atoms with E-state index in [9.17, 15) is 23.1 Å². The van der Waals surface area contributed by atoms with Crippen LogP contribution in [0.4, 0.5) is 0 Å². The van der Waals surface area contributed by atoms with Crippen LogP contribution in [-0.2, 0) is 14.6 Å². The number of allylic oxidation sites excluding steroid dienone is 3. The van der Waals surface area contributed by atoms with Gasteiger partial charge in [-0.1, -0.05) is 65.0 Å². The maximum Gasteiger partial charge on any atom is 0.335 e. The van der Waals surface area contributed by atoms with Crippen molar-refractivity contribution in [3.63, 3.8) is 0 Å². The summed E-state index contributed by atoms with van der Waals surface area (Å²) in [5, 5.41) is 12.9. The van der Waals surface area contributed by atoms with Crippen LogP contribution < -0.4 is 5.32 Å². The smallest absolute Gasteiger partial charge is 0.335 e. The monoisotopic (exact) mass is 718 g/mol. The number of sulfone groups is 1. The van der Waals surface area contributed by atoms with E-state index >= 15 is 0 Å². The molecule has 1 saturated heterocycles. The molecule has 5 aliphatic carbocycles. The first-order valence-corrected chi connectivity index (χ1v) is 21.6. The molecule has 8 heteroatoms. The molecule has 1 aromatic carbocycles. The summed E-state index contributed by atoms with van der Waals surface area (Å²) in [6.07, 6.45) is 13.1. The van der Waals surface area contributed by atoms with E-state index in [1.165, 1.54) is 43.3 Å². The van der Waals surface area contributed by atoms with Crippen molar-refractivity contribution in [3.05, 3.63) is 53.6 Å². The second-order valence-electron chi connectivity index (χ2n) is 19.2. The van der Waals surface area contributed by atoms with Gasteiger partial charge in [0.2, 0.25) is 5.91 Å². The second-order valence-corrected chi connectivity index (χ2v) is 21.5. The third kappa shape index (κ3) is 5.79. The molecule has 0 spiro atoms. The van der Waals surface area contributed by atoms with Crippen molar-refractivity contribution in [1.29, 1.82) is 0 Å². The fourth-order valence-corrected chi connectivity index (χ4v) is 15.2. The van der Waals surface area contributed by atoms with Gasteiger partial charge in [-0.25, -0.2) is 13.2 Å². The average molecular weight is 719 g/mol. The van der Waals surface area contributed by atoms with E-state index in [2.05, 4.69) is 59.5 Å². The fraction of sp³-hybridized carbons (Fsp3) is 0.721. The van der Waals surface area contributed by atoms with E-state index in [4.69, 9.17) is 0 Å². The van der Waals surface area contributed by atoms with Gasteiger partial charge in [0.1, 0.15) is 0 Å².